The molecule has 190 valence electrons. The van der Waals surface area contributed by atoms with Crippen molar-refractivity contribution >= 4 is 11.2 Å². The maximum atomic E-state index is 10.0. The van der Waals surface area contributed by atoms with Gasteiger partial charge in [0.25, 0.3) is 0 Å². The van der Waals surface area contributed by atoms with E-state index in [1.807, 2.05) is 24.5 Å². The van der Waals surface area contributed by atoms with Crippen LogP contribution < -0.4 is 4.74 Å². The van der Waals surface area contributed by atoms with Gasteiger partial charge in [0.2, 0.25) is 0 Å². The number of H-pyrrole nitrogens is 1. The van der Waals surface area contributed by atoms with Crippen molar-refractivity contribution < 1.29 is 9.84 Å². The van der Waals surface area contributed by atoms with Gasteiger partial charge in [-0.25, -0.2) is 9.97 Å². The monoisotopic (exact) mass is 488 g/mol. The number of piperidine rings is 1. The average molecular weight is 489 g/mol. The molecule has 4 heterocycles. The first kappa shape index (κ1) is 24.5. The Balaban J connectivity index is 1.41. The van der Waals surface area contributed by atoms with Crippen LogP contribution >= 0.6 is 0 Å². The molecular weight excluding hydrogens is 452 g/mol. The minimum atomic E-state index is -0.883. The van der Waals surface area contributed by atoms with Gasteiger partial charge in [0.05, 0.1) is 29.7 Å². The van der Waals surface area contributed by atoms with Crippen molar-refractivity contribution in [1.82, 2.24) is 29.6 Å². The Kier molecular flexibility index (Phi) is 6.81. The molecule has 8 heteroatoms. The van der Waals surface area contributed by atoms with Crippen LogP contribution in [0.3, 0.4) is 0 Å². The van der Waals surface area contributed by atoms with Crippen LogP contribution in [0.5, 0.6) is 5.75 Å². The van der Waals surface area contributed by atoms with E-state index in [1.165, 1.54) is 0 Å². The molecule has 8 nitrogen and oxygen atoms in total. The number of aryl methyl sites for hydroxylation is 1. The highest BCUT2D eigenvalue weighted by molar-refractivity contribution is 5.91. The number of rotatable bonds is 8. The molecule has 3 aromatic heterocycles. The third kappa shape index (κ3) is 5.15. The van der Waals surface area contributed by atoms with Crippen LogP contribution in [0.2, 0.25) is 0 Å². The summed E-state index contributed by atoms with van der Waals surface area (Å²) in [6.07, 6.45) is 10.9. The number of ether oxygens (including phenoxy) is 1. The van der Waals surface area contributed by atoms with Gasteiger partial charge in [-0.2, -0.15) is 5.10 Å². The molecular formula is C28H36N6O2. The molecule has 4 aromatic rings. The van der Waals surface area contributed by atoms with E-state index in [9.17, 15) is 5.11 Å². The molecule has 0 amide bonds. The molecule has 0 radical (unpaired) electrons. The van der Waals surface area contributed by atoms with Crippen LogP contribution in [0.4, 0.5) is 0 Å². The van der Waals surface area contributed by atoms with E-state index in [0.29, 0.717) is 6.04 Å². The van der Waals surface area contributed by atoms with Gasteiger partial charge in [-0.15, -0.1) is 0 Å². The molecule has 0 unspecified atom stereocenters. The lowest BCUT2D eigenvalue weighted by molar-refractivity contribution is 0.0282. The second kappa shape index (κ2) is 10.0. The fourth-order valence-corrected chi connectivity index (χ4v) is 4.84. The predicted molar refractivity (Wildman–Crippen MR) is 142 cm³/mol. The number of likely N-dealkylation sites (tertiary alicyclic amines) is 1. The number of hydrogen-bond acceptors (Lipinski definition) is 6. The predicted octanol–water partition coefficient (Wildman–Crippen LogP) is 4.86. The zero-order chi connectivity index (χ0) is 25.3. The van der Waals surface area contributed by atoms with Gasteiger partial charge in [-0.05, 0) is 63.4 Å². The Hall–Kier alpha value is -3.23. The summed E-state index contributed by atoms with van der Waals surface area (Å²) in [5.74, 6) is 0.789. The number of nitrogens with zero attached hydrogens (tertiary/aromatic N) is 5. The molecule has 0 saturated carbocycles. The van der Waals surface area contributed by atoms with E-state index in [-0.39, 0.29) is 6.61 Å². The van der Waals surface area contributed by atoms with Crippen molar-refractivity contribution in [3.8, 4) is 28.1 Å². The second-order valence-corrected chi connectivity index (χ2v) is 10.3. The van der Waals surface area contributed by atoms with Crippen LogP contribution in [0, 0.1) is 0 Å². The molecule has 2 N–H and O–H groups in total. The third-order valence-corrected chi connectivity index (χ3v) is 6.99. The van der Waals surface area contributed by atoms with E-state index >= 15 is 0 Å². The number of benzene rings is 1. The summed E-state index contributed by atoms with van der Waals surface area (Å²) in [5, 5.41) is 14.7. The highest BCUT2D eigenvalue weighted by Gasteiger charge is 2.21. The quantitative estimate of drug-likeness (QED) is 0.368. The number of nitrogens with one attached hydrogen (secondary N) is 1. The maximum Gasteiger partial charge on any atom is 0.156 e. The Morgan fingerprint density at radius 2 is 1.94 bits per heavy atom. The normalized spacial score (nSPS) is 15.6. The van der Waals surface area contributed by atoms with Crippen LogP contribution in [0.1, 0.15) is 52.1 Å². The van der Waals surface area contributed by atoms with Gasteiger partial charge in [0, 0.05) is 42.2 Å². The van der Waals surface area contributed by atoms with Gasteiger partial charge in [-0.3, -0.25) is 4.68 Å². The molecule has 0 spiro atoms. The van der Waals surface area contributed by atoms with Gasteiger partial charge >= 0.3 is 0 Å². The topological polar surface area (TPSA) is 92.1 Å². The number of fused-ring (bicyclic) bond motifs is 1. The molecule has 0 aliphatic carbocycles. The molecule has 1 aliphatic rings. The molecule has 36 heavy (non-hydrogen) atoms. The lowest BCUT2D eigenvalue weighted by Gasteiger charge is -2.31. The van der Waals surface area contributed by atoms with Crippen molar-refractivity contribution in [2.45, 2.75) is 58.6 Å². The largest absolute Gasteiger partial charge is 0.490 e. The first-order chi connectivity index (χ1) is 17.3. The van der Waals surface area contributed by atoms with Crippen molar-refractivity contribution in [2.24, 2.45) is 0 Å². The summed E-state index contributed by atoms with van der Waals surface area (Å²) >= 11 is 0. The third-order valence-electron chi connectivity index (χ3n) is 6.99. The van der Waals surface area contributed by atoms with Gasteiger partial charge in [0.1, 0.15) is 17.9 Å². The van der Waals surface area contributed by atoms with Crippen LogP contribution in [0.25, 0.3) is 33.5 Å². The van der Waals surface area contributed by atoms with Gasteiger partial charge in [-0.1, -0.05) is 13.8 Å². The van der Waals surface area contributed by atoms with Gasteiger partial charge < -0.3 is 19.7 Å². The minimum absolute atomic E-state index is 0.239. The van der Waals surface area contributed by atoms with Crippen molar-refractivity contribution in [3.63, 3.8) is 0 Å². The summed E-state index contributed by atoms with van der Waals surface area (Å²) < 4.78 is 8.00. The summed E-state index contributed by atoms with van der Waals surface area (Å²) in [7, 11) is 0. The Labute approximate surface area is 212 Å². The SMILES string of the molecule is CCc1cc(-c2cnc3[nH]cc(-c4cnn(C5CCN(CC)CC5)c4)c3n2)ccc1OCC(C)(C)O. The number of aliphatic hydroxyl groups is 1. The molecule has 1 saturated heterocycles. The summed E-state index contributed by atoms with van der Waals surface area (Å²) in [5.41, 5.74) is 5.66. The smallest absolute Gasteiger partial charge is 0.156 e. The Morgan fingerprint density at radius 1 is 1.14 bits per heavy atom. The van der Waals surface area contributed by atoms with Crippen molar-refractivity contribution in [3.05, 3.63) is 48.5 Å². The van der Waals surface area contributed by atoms with E-state index in [4.69, 9.17) is 14.8 Å². The Bertz CT molecular complexity index is 1330. The summed E-state index contributed by atoms with van der Waals surface area (Å²) in [6, 6.07) is 6.50. The average Bonchev–Trinajstić information content (AvgIpc) is 3.54. The lowest BCUT2D eigenvalue weighted by atomic mass is 10.0. The van der Waals surface area contributed by atoms with Crippen molar-refractivity contribution in [2.75, 3.05) is 26.2 Å². The fourth-order valence-electron chi connectivity index (χ4n) is 4.84. The van der Waals surface area contributed by atoms with Crippen LogP contribution in [-0.2, 0) is 6.42 Å². The van der Waals surface area contributed by atoms with Crippen LogP contribution in [0.15, 0.2) is 43.0 Å². The Morgan fingerprint density at radius 3 is 2.67 bits per heavy atom. The van der Waals surface area contributed by atoms with Crippen LogP contribution in [-0.4, -0.2) is 66.6 Å². The summed E-state index contributed by atoms with van der Waals surface area (Å²) in [6.45, 7) is 11.4. The number of aromatic amines is 1. The zero-order valence-corrected chi connectivity index (χ0v) is 21.7. The zero-order valence-electron chi connectivity index (χ0n) is 21.7. The highest BCUT2D eigenvalue weighted by Crippen LogP contribution is 2.32. The molecule has 5 rings (SSSR count). The summed E-state index contributed by atoms with van der Waals surface area (Å²) in [4.78, 5) is 15.4. The van der Waals surface area contributed by atoms with Crippen molar-refractivity contribution in [1.29, 1.82) is 0 Å². The highest BCUT2D eigenvalue weighted by atomic mass is 16.5. The standard InChI is InChI=1S/C28H36N6O2/c1-5-19-13-20(7-8-25(19)36-18-28(3,4)35)24-16-30-27-26(32-24)23(15-29-27)21-14-31-34(17-21)22-9-11-33(6-2)12-10-22/h7-8,13-17,22,35H,5-6,9-12,18H2,1-4H3,(H,29,30). The number of aromatic nitrogens is 5. The first-order valence-electron chi connectivity index (χ1n) is 12.9. The lowest BCUT2D eigenvalue weighted by Crippen LogP contribution is -2.34. The molecule has 1 fully saturated rings. The fraction of sp³-hybridized carbons (Fsp3) is 0.464. The van der Waals surface area contributed by atoms with E-state index < -0.39 is 5.60 Å². The molecule has 0 bridgehead atoms. The van der Waals surface area contributed by atoms with E-state index in [2.05, 4.69) is 45.7 Å². The molecule has 1 aromatic carbocycles. The van der Waals surface area contributed by atoms with E-state index in [0.717, 1.165) is 83.8 Å². The second-order valence-electron chi connectivity index (χ2n) is 10.3. The molecule has 0 atom stereocenters. The van der Waals surface area contributed by atoms with E-state index in [1.54, 1.807) is 20.0 Å². The molecule has 1 aliphatic heterocycles. The maximum absolute atomic E-state index is 10.0. The minimum Gasteiger partial charge on any atom is -0.490 e. The van der Waals surface area contributed by atoms with Gasteiger partial charge in [0.15, 0.2) is 5.65 Å². The number of hydrogen-bond donors (Lipinski definition) is 2. The first-order valence-corrected chi connectivity index (χ1v) is 12.9.